The fourth-order valence-electron chi connectivity index (χ4n) is 15.0. The van der Waals surface area contributed by atoms with Crippen LogP contribution < -0.4 is 36.0 Å². The number of imide groups is 2. The molecule has 22 heteroatoms. The molecule has 0 atom stereocenters. The predicted octanol–water partition coefficient (Wildman–Crippen LogP) is 14.8. The van der Waals surface area contributed by atoms with Crippen LogP contribution in [0.25, 0.3) is 0 Å². The lowest BCUT2D eigenvalue weighted by Crippen LogP contribution is -2.41. The maximum atomic E-state index is 12.6. The molecule has 6 aromatic rings. The number of nitrogens with zero attached hydrogens (tertiary/aromatic N) is 6. The second kappa shape index (κ2) is 33.3. The zero-order valence-corrected chi connectivity index (χ0v) is 60.6. The number of nitro groups is 2. The van der Waals surface area contributed by atoms with Crippen LogP contribution in [0.5, 0.6) is 0 Å². The Morgan fingerprint density at radius 2 is 0.810 bits per heavy atom. The number of anilines is 7. The standard InChI is InChI=1S/C14H18N2O3.C14H20N2O.C14H17NO2.C12H14N2O3.C12H15NO.C10H9NO2.C2H6O/c1-4-14(5-2)11-9-10(16(18)19)7-8-12(11)15(6-3)13(14)17;1-4-14(5-2)11-9-10(15)7-8-12(11)16(6-3)13(14)17;1-4-14(5-2)11-8-6-7-9-12(11)15(10(3)16)13(14)17;1-3-12(4-2)9-7-8(14(16)17)5-6-10(9)13-11(12)15;1-3-12(4-2)9-7-5-6-8-10(9)13-11(12)14;1-7(12)11-9-5-3-2-4-8(9)6-10(11)13;1-2-3/h7-9H,4-6H2,1-3H3;7-9H,4-6,15H2,1-3H3;6-9H,4-5H2,1-3H3;5-7H,3-4H2,1-2H3,(H,13,15);5-8H,3-4H2,1-2H3,(H,13,14);2-5H,6H2,1H3;3H,2H2,1H3. The number of aliphatic hydroxyl groups is 1. The van der Waals surface area contributed by atoms with Crippen molar-refractivity contribution in [3.8, 4) is 0 Å². The molecule has 0 bridgehead atoms. The van der Waals surface area contributed by atoms with E-state index in [1.807, 2.05) is 139 Å². The van der Waals surface area contributed by atoms with E-state index in [9.17, 15) is 58.6 Å². The van der Waals surface area contributed by atoms with Crippen molar-refractivity contribution in [2.24, 2.45) is 0 Å². The number of nitro benzene ring substituents is 2. The van der Waals surface area contributed by atoms with Crippen LogP contribution in [0.4, 0.5) is 51.2 Å². The summed E-state index contributed by atoms with van der Waals surface area (Å²) in [6, 6.07) is 38.0. The Labute approximate surface area is 587 Å². The van der Waals surface area contributed by atoms with Gasteiger partial charge in [-0.1, -0.05) is 124 Å². The lowest BCUT2D eigenvalue weighted by molar-refractivity contribution is -0.385. The van der Waals surface area contributed by atoms with Crippen molar-refractivity contribution in [3.05, 3.63) is 181 Å². The number of aliphatic hydroxyl groups excluding tert-OH is 1. The van der Waals surface area contributed by atoms with Crippen molar-refractivity contribution in [2.45, 2.75) is 202 Å². The van der Waals surface area contributed by atoms with Crippen molar-refractivity contribution in [1.82, 2.24) is 0 Å². The monoisotopic (exact) mass is 1370 g/mol. The highest BCUT2D eigenvalue weighted by Gasteiger charge is 2.52. The lowest BCUT2D eigenvalue weighted by Gasteiger charge is -2.25. The molecule has 12 rings (SSSR count). The average molecular weight is 1370 g/mol. The fraction of sp³-hybridized carbons (Fsp3) is 0.436. The smallest absolute Gasteiger partial charge is 0.269 e. The number of non-ortho nitro benzene ring substituents is 2. The molecule has 0 fully saturated rings. The van der Waals surface area contributed by atoms with Crippen LogP contribution in [0.1, 0.15) is 201 Å². The molecular weight excluding hydrogens is 1270 g/mol. The molecule has 534 valence electrons. The van der Waals surface area contributed by atoms with Crippen LogP contribution in [-0.2, 0) is 71.9 Å². The Morgan fingerprint density at radius 1 is 0.440 bits per heavy atom. The summed E-state index contributed by atoms with van der Waals surface area (Å²) in [7, 11) is 0. The Morgan fingerprint density at radius 3 is 1.26 bits per heavy atom. The third-order valence-corrected chi connectivity index (χ3v) is 21.1. The number of para-hydroxylation sites is 3. The van der Waals surface area contributed by atoms with Crippen molar-refractivity contribution in [1.29, 1.82) is 0 Å². The van der Waals surface area contributed by atoms with Gasteiger partial charge in [0.25, 0.3) is 11.4 Å². The summed E-state index contributed by atoms with van der Waals surface area (Å²) in [6.45, 7) is 30.1. The van der Waals surface area contributed by atoms with Gasteiger partial charge in [-0.2, -0.15) is 0 Å². The number of benzene rings is 6. The van der Waals surface area contributed by atoms with E-state index in [0.717, 1.165) is 113 Å². The van der Waals surface area contributed by atoms with Gasteiger partial charge in [0.1, 0.15) is 0 Å². The summed E-state index contributed by atoms with van der Waals surface area (Å²) in [4.78, 5) is 123. The second-order valence-electron chi connectivity index (χ2n) is 25.3. The first-order valence-electron chi connectivity index (χ1n) is 34.9. The van der Waals surface area contributed by atoms with E-state index in [1.54, 1.807) is 36.1 Å². The summed E-state index contributed by atoms with van der Waals surface area (Å²) in [5.74, 6) is -0.228. The maximum Gasteiger partial charge on any atom is 0.269 e. The number of carbonyl (C=O) groups is 8. The SMILES string of the molecule is CC(=O)N1C(=O)Cc2ccccc21.CCC1(CC)C(=O)N(C(C)=O)c2ccccc21.CCC1(CC)C(=O)Nc2ccc([N+](=O)[O-])cc21.CCC1(CC)C(=O)Nc2ccccc21.CCN1C(=O)C(CC)(CC)c2cc(N)ccc21.CCN1C(=O)C(CC)(CC)c2cc([N+](=O)[O-])ccc21.CCO. The van der Waals surface area contributed by atoms with Crippen LogP contribution >= 0.6 is 0 Å². The molecule has 0 aromatic heterocycles. The minimum Gasteiger partial charge on any atom is -0.399 e. The highest BCUT2D eigenvalue weighted by atomic mass is 16.6. The highest BCUT2D eigenvalue weighted by molar-refractivity contribution is 6.22. The van der Waals surface area contributed by atoms with E-state index in [4.69, 9.17) is 10.8 Å². The Balaban J connectivity index is 0.000000188. The van der Waals surface area contributed by atoms with Gasteiger partial charge in [-0.25, -0.2) is 4.90 Å². The van der Waals surface area contributed by atoms with Crippen LogP contribution in [0.3, 0.4) is 0 Å². The largest absolute Gasteiger partial charge is 0.399 e. The summed E-state index contributed by atoms with van der Waals surface area (Å²) >= 11 is 0. The summed E-state index contributed by atoms with van der Waals surface area (Å²) in [5, 5.41) is 35.0. The van der Waals surface area contributed by atoms with E-state index >= 15 is 0 Å². The molecular formula is C78H99N9O13. The molecule has 0 saturated heterocycles. The summed E-state index contributed by atoms with van der Waals surface area (Å²) < 4.78 is 0. The van der Waals surface area contributed by atoms with Gasteiger partial charge in [0, 0.05) is 86.2 Å². The first kappa shape index (κ1) is 79.0. The van der Waals surface area contributed by atoms with E-state index in [-0.39, 0.29) is 76.1 Å². The van der Waals surface area contributed by atoms with Crippen LogP contribution in [0, 0.1) is 20.2 Å². The zero-order chi connectivity index (χ0) is 74.4. The number of nitrogen functional groups attached to an aromatic ring is 1. The van der Waals surface area contributed by atoms with Gasteiger partial charge in [0.15, 0.2) is 0 Å². The average Bonchev–Trinajstić information content (AvgIpc) is 1.60. The molecule has 0 saturated carbocycles. The second-order valence-corrected chi connectivity index (χ2v) is 25.3. The number of hydrogen-bond acceptors (Lipinski definition) is 14. The fourth-order valence-corrected chi connectivity index (χ4v) is 15.0. The number of likely N-dealkylation sites (N-methyl/N-ethyl adjacent to an activating group) is 2. The van der Waals surface area contributed by atoms with Gasteiger partial charge in [-0.05, 0) is 167 Å². The van der Waals surface area contributed by atoms with E-state index in [2.05, 4.69) is 44.4 Å². The predicted molar refractivity (Wildman–Crippen MR) is 394 cm³/mol. The van der Waals surface area contributed by atoms with Gasteiger partial charge in [-0.3, -0.25) is 63.5 Å². The van der Waals surface area contributed by atoms with Crippen LogP contribution in [-0.4, -0.2) is 81.9 Å². The first-order chi connectivity index (χ1) is 47.6. The van der Waals surface area contributed by atoms with Crippen LogP contribution in [0.2, 0.25) is 0 Å². The molecule has 0 aliphatic carbocycles. The third kappa shape index (κ3) is 14.3. The number of amides is 8. The molecule has 100 heavy (non-hydrogen) atoms. The van der Waals surface area contributed by atoms with Gasteiger partial charge in [0.05, 0.1) is 54.7 Å². The van der Waals surface area contributed by atoms with Crippen molar-refractivity contribution < 1.29 is 53.3 Å². The molecule has 0 unspecified atom stereocenters. The van der Waals surface area contributed by atoms with Gasteiger partial charge in [-0.15, -0.1) is 0 Å². The summed E-state index contributed by atoms with van der Waals surface area (Å²) in [6.07, 6.45) is 7.79. The number of nitrogens with two attached hydrogens (primary N) is 1. The molecule has 0 radical (unpaired) electrons. The van der Waals surface area contributed by atoms with Gasteiger partial charge < -0.3 is 31.3 Å². The van der Waals surface area contributed by atoms with E-state index in [0.29, 0.717) is 44.3 Å². The number of hydrogen-bond donors (Lipinski definition) is 4. The van der Waals surface area contributed by atoms with Crippen LogP contribution in [0.15, 0.2) is 127 Å². The molecule has 6 aromatic carbocycles. The van der Waals surface area contributed by atoms with Gasteiger partial charge in [0.2, 0.25) is 47.3 Å². The zero-order valence-electron chi connectivity index (χ0n) is 60.6. The van der Waals surface area contributed by atoms with Crippen molar-refractivity contribution in [3.63, 3.8) is 0 Å². The molecule has 22 nitrogen and oxygen atoms in total. The Hall–Kier alpha value is -9.96. The number of rotatable bonds is 14. The normalized spacial score (nSPS) is 16.4. The summed E-state index contributed by atoms with van der Waals surface area (Å²) in [5.41, 5.74) is 15.1. The number of carbonyl (C=O) groups excluding carboxylic acids is 8. The maximum absolute atomic E-state index is 12.6. The molecule has 6 aliphatic rings. The Kier molecular flexibility index (Phi) is 26.3. The van der Waals surface area contributed by atoms with Crippen molar-refractivity contribution >= 4 is 98.4 Å². The first-order valence-corrected chi connectivity index (χ1v) is 34.9. The molecule has 6 heterocycles. The Bertz CT molecular complexity index is 4050. The molecule has 0 spiro atoms. The topological polar surface area (TPSA) is 306 Å². The lowest BCUT2D eigenvalue weighted by atomic mass is 9.77. The van der Waals surface area contributed by atoms with E-state index < -0.39 is 26.1 Å². The van der Waals surface area contributed by atoms with E-state index in [1.165, 1.54) is 41.8 Å². The van der Waals surface area contributed by atoms with Gasteiger partial charge >= 0.3 is 0 Å². The molecule has 5 N–H and O–H groups in total. The molecule has 6 aliphatic heterocycles. The van der Waals surface area contributed by atoms with Crippen molar-refractivity contribution in [2.75, 3.05) is 55.7 Å². The third-order valence-electron chi connectivity index (χ3n) is 21.1. The quantitative estimate of drug-likeness (QED) is 0.0448. The number of nitrogens with one attached hydrogen (secondary N) is 2. The number of fused-ring (bicyclic) bond motifs is 6. The minimum atomic E-state index is -0.610. The highest BCUT2D eigenvalue weighted by Crippen LogP contribution is 2.50. The minimum absolute atomic E-state index is 0.0338. The molecule has 8 amide bonds.